The van der Waals surface area contributed by atoms with E-state index in [0.29, 0.717) is 11.7 Å². The minimum atomic E-state index is -0.0553. The standard InChI is InChI=1S/C18H23N3/c1-13(2)15-12-16(19)21-17(20-15)18(10-6-7-11-18)14-8-4-3-5-9-14/h3-5,8-9,12-13H,6-7,10-11H2,1-2H3,(H2,19,20,21). The Bertz CT molecular complexity index is 614. The van der Waals surface area contributed by atoms with Gasteiger partial charge in [0.25, 0.3) is 0 Å². The SMILES string of the molecule is CC(C)c1cc(N)nc(C2(c3ccccc3)CCCC2)n1. The van der Waals surface area contributed by atoms with Crippen LogP contribution in [0.5, 0.6) is 0 Å². The Morgan fingerprint density at radius 1 is 1.05 bits per heavy atom. The first-order chi connectivity index (χ1) is 10.1. The maximum atomic E-state index is 6.05. The Hall–Kier alpha value is -1.90. The zero-order chi connectivity index (χ0) is 14.9. The van der Waals surface area contributed by atoms with Crippen LogP contribution in [0.1, 0.15) is 62.5 Å². The summed E-state index contributed by atoms with van der Waals surface area (Å²) >= 11 is 0. The first kappa shape index (κ1) is 14.1. The van der Waals surface area contributed by atoms with Crippen molar-refractivity contribution in [3.8, 4) is 0 Å². The van der Waals surface area contributed by atoms with Gasteiger partial charge < -0.3 is 5.73 Å². The summed E-state index contributed by atoms with van der Waals surface area (Å²) in [5, 5.41) is 0. The van der Waals surface area contributed by atoms with Gasteiger partial charge in [0, 0.05) is 11.8 Å². The van der Waals surface area contributed by atoms with Crippen molar-refractivity contribution in [2.24, 2.45) is 0 Å². The number of rotatable bonds is 3. The molecule has 2 N–H and O–H groups in total. The molecule has 0 amide bonds. The molecular formula is C18H23N3. The van der Waals surface area contributed by atoms with Crippen LogP contribution in [0.15, 0.2) is 36.4 Å². The molecule has 0 saturated heterocycles. The Morgan fingerprint density at radius 2 is 1.71 bits per heavy atom. The molecule has 1 fully saturated rings. The van der Waals surface area contributed by atoms with Crippen molar-refractivity contribution in [2.45, 2.75) is 50.9 Å². The number of hydrogen-bond acceptors (Lipinski definition) is 3. The van der Waals surface area contributed by atoms with E-state index in [4.69, 9.17) is 10.7 Å². The molecule has 0 bridgehead atoms. The highest BCUT2D eigenvalue weighted by Gasteiger charge is 2.40. The molecular weight excluding hydrogens is 258 g/mol. The molecule has 1 saturated carbocycles. The van der Waals surface area contributed by atoms with Crippen LogP contribution in [0, 0.1) is 0 Å². The van der Waals surface area contributed by atoms with Crippen LogP contribution in [0.2, 0.25) is 0 Å². The van der Waals surface area contributed by atoms with E-state index < -0.39 is 0 Å². The number of nitrogens with two attached hydrogens (primary N) is 1. The van der Waals surface area contributed by atoms with Gasteiger partial charge in [-0.1, -0.05) is 57.0 Å². The van der Waals surface area contributed by atoms with E-state index >= 15 is 0 Å². The zero-order valence-electron chi connectivity index (χ0n) is 12.8. The average molecular weight is 281 g/mol. The average Bonchev–Trinajstić information content (AvgIpc) is 2.98. The van der Waals surface area contributed by atoms with E-state index in [2.05, 4.69) is 49.2 Å². The van der Waals surface area contributed by atoms with Gasteiger partial charge in [-0.05, 0) is 24.3 Å². The van der Waals surface area contributed by atoms with Crippen LogP contribution in [0.25, 0.3) is 0 Å². The van der Waals surface area contributed by atoms with E-state index in [9.17, 15) is 0 Å². The van der Waals surface area contributed by atoms with Crippen molar-refractivity contribution in [1.29, 1.82) is 0 Å². The van der Waals surface area contributed by atoms with Crippen LogP contribution in [0.3, 0.4) is 0 Å². The number of anilines is 1. The maximum absolute atomic E-state index is 6.05. The van der Waals surface area contributed by atoms with Gasteiger partial charge in [-0.2, -0.15) is 0 Å². The molecule has 21 heavy (non-hydrogen) atoms. The molecule has 110 valence electrons. The fourth-order valence-electron chi connectivity index (χ4n) is 3.37. The first-order valence-electron chi connectivity index (χ1n) is 7.82. The van der Waals surface area contributed by atoms with Crippen molar-refractivity contribution < 1.29 is 0 Å². The molecule has 3 heteroatoms. The summed E-state index contributed by atoms with van der Waals surface area (Å²) in [7, 11) is 0. The lowest BCUT2D eigenvalue weighted by Gasteiger charge is -2.29. The largest absolute Gasteiger partial charge is 0.384 e. The number of hydrogen-bond donors (Lipinski definition) is 1. The minimum Gasteiger partial charge on any atom is -0.384 e. The van der Waals surface area contributed by atoms with Gasteiger partial charge in [-0.3, -0.25) is 0 Å². The fourth-order valence-corrected chi connectivity index (χ4v) is 3.37. The van der Waals surface area contributed by atoms with E-state index in [1.165, 1.54) is 18.4 Å². The molecule has 3 rings (SSSR count). The number of nitrogen functional groups attached to an aromatic ring is 1. The van der Waals surface area contributed by atoms with Crippen LogP contribution in [-0.2, 0) is 5.41 Å². The molecule has 1 aliphatic rings. The van der Waals surface area contributed by atoms with Gasteiger partial charge in [-0.15, -0.1) is 0 Å². The van der Waals surface area contributed by atoms with Gasteiger partial charge >= 0.3 is 0 Å². The lowest BCUT2D eigenvalue weighted by atomic mass is 9.78. The molecule has 2 aromatic rings. The van der Waals surface area contributed by atoms with Gasteiger partial charge in [0.15, 0.2) is 0 Å². The smallest absolute Gasteiger partial charge is 0.141 e. The predicted molar refractivity (Wildman–Crippen MR) is 86.2 cm³/mol. The van der Waals surface area contributed by atoms with Crippen molar-refractivity contribution in [2.75, 3.05) is 5.73 Å². The Labute approximate surface area is 126 Å². The minimum absolute atomic E-state index is 0.0553. The molecule has 1 heterocycles. The Morgan fingerprint density at radius 3 is 2.33 bits per heavy atom. The monoisotopic (exact) mass is 281 g/mol. The Kier molecular flexibility index (Phi) is 3.66. The number of nitrogens with zero attached hydrogens (tertiary/aromatic N) is 2. The van der Waals surface area contributed by atoms with Crippen molar-refractivity contribution in [3.05, 3.63) is 53.5 Å². The summed E-state index contributed by atoms with van der Waals surface area (Å²) < 4.78 is 0. The van der Waals surface area contributed by atoms with Crippen LogP contribution >= 0.6 is 0 Å². The Balaban J connectivity index is 2.14. The van der Waals surface area contributed by atoms with E-state index in [0.717, 1.165) is 24.4 Å². The second-order valence-electron chi connectivity index (χ2n) is 6.35. The first-order valence-corrected chi connectivity index (χ1v) is 7.82. The summed E-state index contributed by atoms with van der Waals surface area (Å²) in [6.07, 6.45) is 4.67. The van der Waals surface area contributed by atoms with Crippen LogP contribution in [0.4, 0.5) is 5.82 Å². The maximum Gasteiger partial charge on any atom is 0.141 e. The zero-order valence-corrected chi connectivity index (χ0v) is 12.8. The lowest BCUT2D eigenvalue weighted by molar-refractivity contribution is 0.496. The van der Waals surface area contributed by atoms with Gasteiger partial charge in [0.2, 0.25) is 0 Å². The number of benzene rings is 1. The second-order valence-corrected chi connectivity index (χ2v) is 6.35. The lowest BCUT2D eigenvalue weighted by Crippen LogP contribution is -2.27. The molecule has 0 unspecified atom stereocenters. The molecule has 1 aromatic carbocycles. The third-order valence-corrected chi connectivity index (χ3v) is 4.57. The fraction of sp³-hybridized carbons (Fsp3) is 0.444. The highest BCUT2D eigenvalue weighted by atomic mass is 15.0. The van der Waals surface area contributed by atoms with Crippen LogP contribution in [-0.4, -0.2) is 9.97 Å². The van der Waals surface area contributed by atoms with E-state index in [1.54, 1.807) is 0 Å². The van der Waals surface area contributed by atoms with E-state index in [-0.39, 0.29) is 5.41 Å². The van der Waals surface area contributed by atoms with Crippen molar-refractivity contribution >= 4 is 5.82 Å². The highest BCUT2D eigenvalue weighted by Crippen LogP contribution is 2.45. The second kappa shape index (κ2) is 5.47. The van der Waals surface area contributed by atoms with Gasteiger partial charge in [-0.25, -0.2) is 9.97 Å². The normalized spacial score (nSPS) is 17.3. The van der Waals surface area contributed by atoms with Crippen molar-refractivity contribution in [3.63, 3.8) is 0 Å². The molecule has 0 spiro atoms. The summed E-state index contributed by atoms with van der Waals surface area (Å²) in [5.74, 6) is 1.86. The van der Waals surface area contributed by atoms with Gasteiger partial charge in [0.05, 0.1) is 5.41 Å². The molecule has 3 nitrogen and oxygen atoms in total. The summed E-state index contributed by atoms with van der Waals surface area (Å²) in [6, 6.07) is 12.6. The molecule has 0 radical (unpaired) electrons. The van der Waals surface area contributed by atoms with E-state index in [1.807, 2.05) is 6.07 Å². The third kappa shape index (κ3) is 2.53. The number of aromatic nitrogens is 2. The summed E-state index contributed by atoms with van der Waals surface area (Å²) in [5.41, 5.74) is 8.36. The molecule has 0 aliphatic heterocycles. The van der Waals surface area contributed by atoms with Gasteiger partial charge in [0.1, 0.15) is 11.6 Å². The topological polar surface area (TPSA) is 51.8 Å². The quantitative estimate of drug-likeness (QED) is 0.923. The highest BCUT2D eigenvalue weighted by molar-refractivity contribution is 5.39. The summed E-state index contributed by atoms with van der Waals surface area (Å²) in [6.45, 7) is 4.30. The molecule has 1 aromatic heterocycles. The van der Waals surface area contributed by atoms with Crippen molar-refractivity contribution in [1.82, 2.24) is 9.97 Å². The summed E-state index contributed by atoms with van der Waals surface area (Å²) in [4.78, 5) is 9.49. The van der Waals surface area contributed by atoms with Crippen LogP contribution < -0.4 is 5.73 Å². The predicted octanol–water partition coefficient (Wildman–Crippen LogP) is 4.04. The molecule has 1 aliphatic carbocycles. The molecule has 0 atom stereocenters. The third-order valence-electron chi connectivity index (χ3n) is 4.57.